The number of sulfonamides is 1. The fraction of sp³-hybridized carbons (Fsp3) is 0.125. The fourth-order valence-corrected chi connectivity index (χ4v) is 2.89. The summed E-state index contributed by atoms with van der Waals surface area (Å²) in [7, 11) is -3.31. The van der Waals surface area contributed by atoms with E-state index < -0.39 is 10.0 Å². The van der Waals surface area contributed by atoms with Gasteiger partial charge < -0.3 is 4.98 Å². The Morgan fingerprint density at radius 2 is 1.95 bits per heavy atom. The van der Waals surface area contributed by atoms with E-state index in [1.54, 1.807) is 31.2 Å². The highest BCUT2D eigenvalue weighted by molar-refractivity contribution is 7.92. The van der Waals surface area contributed by atoms with Gasteiger partial charge in [-0.2, -0.15) is 0 Å². The first-order chi connectivity index (χ1) is 10.5. The Bertz CT molecular complexity index is 932. The molecule has 114 valence electrons. The van der Waals surface area contributed by atoms with E-state index in [2.05, 4.69) is 9.71 Å². The lowest BCUT2D eigenvalue weighted by atomic mass is 10.1. The number of H-pyrrole nitrogens is 1. The molecule has 0 spiro atoms. The Morgan fingerprint density at radius 1 is 1.14 bits per heavy atom. The summed E-state index contributed by atoms with van der Waals surface area (Å²) in [6.45, 7) is 1.58. The number of hydrogen-bond acceptors (Lipinski definition) is 2. The molecule has 1 aromatic heterocycles. The van der Waals surface area contributed by atoms with Crippen molar-refractivity contribution in [1.29, 1.82) is 0 Å². The molecule has 3 aromatic rings. The number of nitrogens with one attached hydrogen (secondary N) is 2. The predicted molar refractivity (Wildman–Crippen MR) is 86.8 cm³/mol. The highest BCUT2D eigenvalue weighted by atomic mass is 32.2. The first-order valence-corrected chi connectivity index (χ1v) is 8.51. The zero-order chi connectivity index (χ0) is 15.7. The van der Waals surface area contributed by atoms with Crippen LogP contribution in [0.5, 0.6) is 0 Å². The smallest absolute Gasteiger partial charge is 0.232 e. The van der Waals surface area contributed by atoms with Gasteiger partial charge in [-0.05, 0) is 43.3 Å². The van der Waals surface area contributed by atoms with E-state index in [0.717, 1.165) is 22.2 Å². The summed E-state index contributed by atoms with van der Waals surface area (Å²) < 4.78 is 39.0. The van der Waals surface area contributed by atoms with Crippen LogP contribution in [0.3, 0.4) is 0 Å². The summed E-state index contributed by atoms with van der Waals surface area (Å²) in [5.74, 6) is -0.273. The molecular weight excluding hydrogens is 303 g/mol. The average molecular weight is 318 g/mol. The van der Waals surface area contributed by atoms with Gasteiger partial charge in [0, 0.05) is 27.8 Å². The quantitative estimate of drug-likeness (QED) is 0.770. The van der Waals surface area contributed by atoms with Crippen LogP contribution in [0.25, 0.3) is 22.2 Å². The van der Waals surface area contributed by atoms with Crippen LogP contribution in [-0.4, -0.2) is 19.2 Å². The molecule has 0 atom stereocenters. The lowest BCUT2D eigenvalue weighted by Crippen LogP contribution is -2.14. The molecule has 0 aliphatic carbocycles. The molecule has 0 unspecified atom stereocenters. The van der Waals surface area contributed by atoms with Crippen LogP contribution in [0, 0.1) is 5.82 Å². The number of hydrogen-bond donors (Lipinski definition) is 2. The lowest BCUT2D eigenvalue weighted by Gasteiger charge is -2.07. The molecule has 4 nitrogen and oxygen atoms in total. The van der Waals surface area contributed by atoms with Gasteiger partial charge >= 0.3 is 0 Å². The summed E-state index contributed by atoms with van der Waals surface area (Å²) in [6, 6.07) is 13.4. The molecule has 0 bridgehead atoms. The van der Waals surface area contributed by atoms with E-state index in [0.29, 0.717) is 5.69 Å². The van der Waals surface area contributed by atoms with Gasteiger partial charge in [0.15, 0.2) is 0 Å². The van der Waals surface area contributed by atoms with Crippen molar-refractivity contribution in [3.63, 3.8) is 0 Å². The van der Waals surface area contributed by atoms with Gasteiger partial charge in [-0.15, -0.1) is 0 Å². The SMILES string of the molecule is CCS(=O)(=O)Nc1cccc(-c2cc3cc(F)ccc3[nH]2)c1. The van der Waals surface area contributed by atoms with Gasteiger partial charge in [0.2, 0.25) is 10.0 Å². The Balaban J connectivity index is 2.00. The van der Waals surface area contributed by atoms with Crippen molar-refractivity contribution in [2.75, 3.05) is 10.5 Å². The van der Waals surface area contributed by atoms with Crippen LogP contribution in [0.1, 0.15) is 6.92 Å². The molecule has 6 heteroatoms. The monoisotopic (exact) mass is 318 g/mol. The van der Waals surface area contributed by atoms with Crippen molar-refractivity contribution in [2.45, 2.75) is 6.92 Å². The summed E-state index contributed by atoms with van der Waals surface area (Å²) in [5, 5.41) is 0.773. The van der Waals surface area contributed by atoms with Crippen molar-refractivity contribution >= 4 is 26.6 Å². The highest BCUT2D eigenvalue weighted by Gasteiger charge is 2.09. The maximum atomic E-state index is 13.2. The molecule has 2 N–H and O–H groups in total. The lowest BCUT2D eigenvalue weighted by molar-refractivity contribution is 0.602. The zero-order valence-electron chi connectivity index (χ0n) is 11.9. The standard InChI is InChI=1S/C16H15FN2O2S/c1-2-22(20,21)19-14-5-3-4-11(9-14)16-10-12-8-13(17)6-7-15(12)18-16/h3-10,18-19H,2H2,1H3. The van der Waals surface area contributed by atoms with Crippen molar-refractivity contribution in [3.05, 3.63) is 54.3 Å². The molecule has 1 heterocycles. The van der Waals surface area contributed by atoms with Gasteiger partial charge in [-0.1, -0.05) is 12.1 Å². The molecule has 0 radical (unpaired) electrons. The van der Waals surface area contributed by atoms with E-state index in [4.69, 9.17) is 0 Å². The Labute approximate surface area is 128 Å². The van der Waals surface area contributed by atoms with Gasteiger partial charge in [0.25, 0.3) is 0 Å². The number of aromatic nitrogens is 1. The topological polar surface area (TPSA) is 62.0 Å². The number of aromatic amines is 1. The molecule has 0 aliphatic rings. The Hall–Kier alpha value is -2.34. The van der Waals surface area contributed by atoms with Crippen LogP contribution in [0.2, 0.25) is 0 Å². The maximum absolute atomic E-state index is 13.2. The molecule has 0 saturated heterocycles. The average Bonchev–Trinajstić information content (AvgIpc) is 2.90. The Kier molecular flexibility index (Phi) is 3.62. The summed E-state index contributed by atoms with van der Waals surface area (Å²) >= 11 is 0. The van der Waals surface area contributed by atoms with Gasteiger partial charge in [0.05, 0.1) is 5.75 Å². The second kappa shape index (κ2) is 5.46. The third-order valence-electron chi connectivity index (χ3n) is 3.41. The summed E-state index contributed by atoms with van der Waals surface area (Å²) in [6.07, 6.45) is 0. The number of benzene rings is 2. The molecular formula is C16H15FN2O2S. The molecule has 22 heavy (non-hydrogen) atoms. The van der Waals surface area contributed by atoms with Gasteiger partial charge in [-0.25, -0.2) is 12.8 Å². The number of rotatable bonds is 4. The predicted octanol–water partition coefficient (Wildman–Crippen LogP) is 3.74. The molecule has 3 rings (SSSR count). The third kappa shape index (κ3) is 2.96. The molecule has 0 aliphatic heterocycles. The maximum Gasteiger partial charge on any atom is 0.232 e. The minimum Gasteiger partial charge on any atom is -0.355 e. The fourth-order valence-electron chi connectivity index (χ4n) is 2.26. The summed E-state index contributed by atoms with van der Waals surface area (Å²) in [4.78, 5) is 3.20. The van der Waals surface area contributed by atoms with Crippen molar-refractivity contribution in [3.8, 4) is 11.3 Å². The van der Waals surface area contributed by atoms with Gasteiger partial charge in [0.1, 0.15) is 5.82 Å². The second-order valence-corrected chi connectivity index (χ2v) is 7.01. The molecule has 2 aromatic carbocycles. The van der Waals surface area contributed by atoms with Crippen molar-refractivity contribution in [2.24, 2.45) is 0 Å². The van der Waals surface area contributed by atoms with E-state index >= 15 is 0 Å². The van der Waals surface area contributed by atoms with Crippen LogP contribution in [0.4, 0.5) is 10.1 Å². The Morgan fingerprint density at radius 3 is 2.73 bits per heavy atom. The van der Waals surface area contributed by atoms with Crippen LogP contribution in [-0.2, 0) is 10.0 Å². The largest absolute Gasteiger partial charge is 0.355 e. The van der Waals surface area contributed by atoms with Crippen molar-refractivity contribution in [1.82, 2.24) is 4.98 Å². The minimum atomic E-state index is -3.31. The zero-order valence-corrected chi connectivity index (χ0v) is 12.7. The van der Waals surface area contributed by atoms with Gasteiger partial charge in [-0.3, -0.25) is 4.72 Å². The summed E-state index contributed by atoms with van der Waals surface area (Å²) in [5.41, 5.74) is 2.96. The highest BCUT2D eigenvalue weighted by Crippen LogP contribution is 2.26. The first-order valence-electron chi connectivity index (χ1n) is 6.86. The van der Waals surface area contributed by atoms with E-state index in [1.807, 2.05) is 12.1 Å². The molecule has 0 amide bonds. The van der Waals surface area contributed by atoms with E-state index in [-0.39, 0.29) is 11.6 Å². The van der Waals surface area contributed by atoms with Crippen LogP contribution in [0.15, 0.2) is 48.5 Å². The van der Waals surface area contributed by atoms with Crippen molar-refractivity contribution < 1.29 is 12.8 Å². The molecule has 0 saturated carbocycles. The van der Waals surface area contributed by atoms with Crippen LogP contribution >= 0.6 is 0 Å². The number of fused-ring (bicyclic) bond motifs is 1. The third-order valence-corrected chi connectivity index (χ3v) is 4.72. The van der Waals surface area contributed by atoms with Crippen LogP contribution < -0.4 is 4.72 Å². The minimum absolute atomic E-state index is 0.0168. The number of anilines is 1. The van der Waals surface area contributed by atoms with E-state index in [1.165, 1.54) is 12.1 Å². The van der Waals surface area contributed by atoms with E-state index in [9.17, 15) is 12.8 Å². The normalized spacial score (nSPS) is 11.7. The first kappa shape index (κ1) is 14.6. The second-order valence-electron chi connectivity index (χ2n) is 5.00. The molecule has 0 fully saturated rings. The number of halogens is 1.